The Hall–Kier alpha value is -1.16. The Morgan fingerprint density at radius 1 is 1.43 bits per heavy atom. The molecule has 0 saturated carbocycles. The van der Waals surface area contributed by atoms with Crippen LogP contribution in [0.2, 0.25) is 0 Å². The Morgan fingerprint density at radius 3 is 2.79 bits per heavy atom. The van der Waals surface area contributed by atoms with Crippen molar-refractivity contribution in [3.8, 4) is 5.75 Å². The molecule has 0 unspecified atom stereocenters. The molecule has 4 heteroatoms. The molecule has 1 aromatic heterocycles. The summed E-state index contributed by atoms with van der Waals surface area (Å²) in [5.74, 6) is 0.0805. The summed E-state index contributed by atoms with van der Waals surface area (Å²) < 4.78 is 25.9. The minimum absolute atomic E-state index is 0.0269. The Morgan fingerprint density at radius 2 is 2.14 bits per heavy atom. The number of hydrogen-bond donors (Lipinski definition) is 1. The van der Waals surface area contributed by atoms with E-state index in [0.29, 0.717) is 15.6 Å². The monoisotopic (exact) mass is 214 g/mol. The maximum atomic E-state index is 12.7. The lowest BCUT2D eigenvalue weighted by Gasteiger charge is -2.07. The third-order valence-corrected chi connectivity index (χ3v) is 3.12. The Balaban J connectivity index is 2.86. The maximum absolute atomic E-state index is 12.7. The molecule has 14 heavy (non-hydrogen) atoms. The number of halogens is 2. The normalized spacial score (nSPS) is 11.4. The molecule has 0 bridgehead atoms. The molecular formula is C10H8F2OS. The lowest BCUT2D eigenvalue weighted by Crippen LogP contribution is -1.90. The highest BCUT2D eigenvalue weighted by atomic mass is 32.1. The maximum Gasteiger partial charge on any atom is 0.264 e. The van der Waals surface area contributed by atoms with Gasteiger partial charge in [0.05, 0.1) is 4.70 Å². The number of hydrogen-bond acceptors (Lipinski definition) is 2. The number of fused-ring (bicyclic) bond motifs is 1. The van der Waals surface area contributed by atoms with Crippen LogP contribution in [0.15, 0.2) is 17.5 Å². The van der Waals surface area contributed by atoms with Crippen molar-refractivity contribution in [1.82, 2.24) is 0 Å². The quantitative estimate of drug-likeness (QED) is 0.764. The first-order valence-corrected chi connectivity index (χ1v) is 4.97. The summed E-state index contributed by atoms with van der Waals surface area (Å²) in [5.41, 5.74) is 0.461. The van der Waals surface area contributed by atoms with Crippen molar-refractivity contribution in [3.63, 3.8) is 0 Å². The van der Waals surface area contributed by atoms with Gasteiger partial charge in [-0.15, -0.1) is 11.3 Å². The second-order valence-corrected chi connectivity index (χ2v) is 4.01. The van der Waals surface area contributed by atoms with Gasteiger partial charge in [0.2, 0.25) is 0 Å². The first-order chi connectivity index (χ1) is 6.61. The molecule has 0 aliphatic heterocycles. The lowest BCUT2D eigenvalue weighted by atomic mass is 10.0. The summed E-state index contributed by atoms with van der Waals surface area (Å²) in [4.78, 5) is 0. The van der Waals surface area contributed by atoms with Crippen LogP contribution in [-0.4, -0.2) is 5.11 Å². The van der Waals surface area contributed by atoms with E-state index >= 15 is 0 Å². The van der Waals surface area contributed by atoms with Crippen molar-refractivity contribution in [2.45, 2.75) is 13.3 Å². The van der Waals surface area contributed by atoms with Crippen molar-refractivity contribution in [2.24, 2.45) is 0 Å². The predicted molar refractivity (Wildman–Crippen MR) is 53.2 cm³/mol. The van der Waals surface area contributed by atoms with Crippen LogP contribution in [0, 0.1) is 6.92 Å². The van der Waals surface area contributed by atoms with Gasteiger partial charge in [0.1, 0.15) is 5.75 Å². The van der Waals surface area contributed by atoms with Crippen molar-refractivity contribution in [3.05, 3.63) is 28.6 Å². The highest BCUT2D eigenvalue weighted by Crippen LogP contribution is 2.38. The van der Waals surface area contributed by atoms with E-state index in [1.807, 2.05) is 0 Å². The van der Waals surface area contributed by atoms with Gasteiger partial charge in [0.15, 0.2) is 0 Å². The fourth-order valence-corrected chi connectivity index (χ4v) is 2.40. The molecule has 0 atom stereocenters. The first-order valence-electron chi connectivity index (χ1n) is 4.09. The second kappa shape index (κ2) is 3.20. The fourth-order valence-electron chi connectivity index (χ4n) is 1.57. The van der Waals surface area contributed by atoms with Gasteiger partial charge in [-0.2, -0.15) is 0 Å². The Kier molecular flexibility index (Phi) is 2.15. The third kappa shape index (κ3) is 1.26. The highest BCUT2D eigenvalue weighted by Gasteiger charge is 2.17. The van der Waals surface area contributed by atoms with Crippen molar-refractivity contribution >= 4 is 21.4 Å². The average molecular weight is 214 g/mol. The SMILES string of the molecule is Cc1cc(O)c2sccc2c1C(F)F. The molecule has 1 N–H and O–H groups in total. The van der Waals surface area contributed by atoms with Crippen LogP contribution in [0.3, 0.4) is 0 Å². The number of phenols is 1. The number of thiophene rings is 1. The predicted octanol–water partition coefficient (Wildman–Crippen LogP) is 3.85. The van der Waals surface area contributed by atoms with Crippen molar-refractivity contribution in [2.75, 3.05) is 0 Å². The zero-order valence-electron chi connectivity index (χ0n) is 7.42. The van der Waals surface area contributed by atoms with E-state index in [1.165, 1.54) is 17.4 Å². The van der Waals surface area contributed by atoms with E-state index in [0.717, 1.165) is 0 Å². The number of alkyl halides is 2. The van der Waals surface area contributed by atoms with Crippen molar-refractivity contribution < 1.29 is 13.9 Å². The minimum Gasteiger partial charge on any atom is -0.506 e. The van der Waals surface area contributed by atoms with Crippen LogP contribution < -0.4 is 0 Å². The lowest BCUT2D eigenvalue weighted by molar-refractivity contribution is 0.152. The molecule has 2 rings (SSSR count). The number of phenolic OH excluding ortho intramolecular Hbond substituents is 1. The molecule has 0 saturated heterocycles. The van der Waals surface area contributed by atoms with Crippen LogP contribution in [0.4, 0.5) is 8.78 Å². The molecule has 74 valence electrons. The summed E-state index contributed by atoms with van der Waals surface area (Å²) in [6, 6.07) is 3.01. The molecule has 0 radical (unpaired) electrons. The molecule has 0 aliphatic rings. The van der Waals surface area contributed by atoms with E-state index in [1.54, 1.807) is 18.4 Å². The molecule has 1 heterocycles. The van der Waals surface area contributed by atoms with E-state index < -0.39 is 6.43 Å². The third-order valence-electron chi connectivity index (χ3n) is 2.18. The molecule has 1 aromatic carbocycles. The van der Waals surface area contributed by atoms with Crippen LogP contribution >= 0.6 is 11.3 Å². The van der Waals surface area contributed by atoms with Gasteiger partial charge in [-0.25, -0.2) is 8.78 Å². The highest BCUT2D eigenvalue weighted by molar-refractivity contribution is 7.17. The topological polar surface area (TPSA) is 20.2 Å². The van der Waals surface area contributed by atoms with Gasteiger partial charge in [-0.1, -0.05) is 0 Å². The number of aryl methyl sites for hydroxylation is 1. The fraction of sp³-hybridized carbons (Fsp3) is 0.200. The molecule has 1 nitrogen and oxygen atoms in total. The van der Waals surface area contributed by atoms with Crippen LogP contribution in [0.5, 0.6) is 5.75 Å². The summed E-state index contributed by atoms with van der Waals surface area (Å²) in [6.07, 6.45) is -2.49. The molecule has 0 amide bonds. The summed E-state index contributed by atoms with van der Waals surface area (Å²) in [5, 5.41) is 11.7. The molecular weight excluding hydrogens is 206 g/mol. The van der Waals surface area contributed by atoms with Gasteiger partial charge < -0.3 is 5.11 Å². The smallest absolute Gasteiger partial charge is 0.264 e. The van der Waals surface area contributed by atoms with E-state index in [2.05, 4.69) is 0 Å². The second-order valence-electron chi connectivity index (χ2n) is 3.09. The average Bonchev–Trinajstić information content (AvgIpc) is 2.51. The number of benzene rings is 1. The molecule has 0 spiro atoms. The van der Waals surface area contributed by atoms with E-state index in [9.17, 15) is 13.9 Å². The van der Waals surface area contributed by atoms with E-state index in [4.69, 9.17) is 0 Å². The zero-order chi connectivity index (χ0) is 10.3. The van der Waals surface area contributed by atoms with Crippen molar-refractivity contribution in [1.29, 1.82) is 0 Å². The van der Waals surface area contributed by atoms with Crippen LogP contribution in [0.25, 0.3) is 10.1 Å². The van der Waals surface area contributed by atoms with Gasteiger partial charge in [0, 0.05) is 10.9 Å². The summed E-state index contributed by atoms with van der Waals surface area (Å²) in [7, 11) is 0. The van der Waals surface area contributed by atoms with Crippen LogP contribution in [-0.2, 0) is 0 Å². The largest absolute Gasteiger partial charge is 0.506 e. The van der Waals surface area contributed by atoms with Gasteiger partial charge >= 0.3 is 0 Å². The molecule has 2 aromatic rings. The molecule has 0 aliphatic carbocycles. The van der Waals surface area contributed by atoms with Gasteiger partial charge in [-0.05, 0) is 30.0 Å². The van der Waals surface area contributed by atoms with E-state index in [-0.39, 0.29) is 11.3 Å². The van der Waals surface area contributed by atoms with Gasteiger partial charge in [-0.3, -0.25) is 0 Å². The van der Waals surface area contributed by atoms with Crippen LogP contribution in [0.1, 0.15) is 17.6 Å². The minimum atomic E-state index is -2.49. The molecule has 0 fully saturated rings. The Labute approximate surface area is 83.6 Å². The number of rotatable bonds is 1. The Bertz CT molecular complexity index is 476. The van der Waals surface area contributed by atoms with Gasteiger partial charge in [0.25, 0.3) is 6.43 Å². The standard InChI is InChI=1S/C10H8F2OS/c1-5-4-7(13)9-6(2-3-14-9)8(5)10(11)12/h2-4,10,13H,1H3. The zero-order valence-corrected chi connectivity index (χ0v) is 8.24. The first kappa shape index (κ1) is 9.40. The summed E-state index contributed by atoms with van der Waals surface area (Å²) in [6.45, 7) is 1.58. The summed E-state index contributed by atoms with van der Waals surface area (Å²) >= 11 is 1.27. The number of aromatic hydroxyl groups is 1.